The van der Waals surface area contributed by atoms with Gasteiger partial charge in [0.1, 0.15) is 5.82 Å². The molecule has 0 aliphatic carbocycles. The van der Waals surface area contributed by atoms with Gasteiger partial charge in [0.15, 0.2) is 5.82 Å². The van der Waals surface area contributed by atoms with Gasteiger partial charge < -0.3 is 5.73 Å². The number of aryl methyl sites for hydroxylation is 2. The Labute approximate surface area is 103 Å². The molecule has 5 nitrogen and oxygen atoms in total. The smallest absolute Gasteiger partial charge is 0.165 e. The van der Waals surface area contributed by atoms with Crippen LogP contribution >= 0.6 is 11.8 Å². The second-order valence-corrected chi connectivity index (χ2v) is 5.14. The van der Waals surface area contributed by atoms with Crippen molar-refractivity contribution >= 4 is 17.6 Å². The van der Waals surface area contributed by atoms with Crippen molar-refractivity contribution in [3.63, 3.8) is 0 Å². The third kappa shape index (κ3) is 1.68. The van der Waals surface area contributed by atoms with Crippen molar-refractivity contribution < 1.29 is 0 Å². The number of fused-ring (bicyclic) bond motifs is 1. The highest BCUT2D eigenvalue weighted by Gasteiger charge is 2.20. The van der Waals surface area contributed by atoms with E-state index in [1.165, 1.54) is 0 Å². The summed E-state index contributed by atoms with van der Waals surface area (Å²) in [6.45, 7) is 1.96. The summed E-state index contributed by atoms with van der Waals surface area (Å²) in [6.07, 6.45) is 1.93. The molecule has 0 amide bonds. The number of hydrogen-bond acceptors (Lipinski definition) is 5. The second kappa shape index (κ2) is 3.73. The van der Waals surface area contributed by atoms with E-state index in [-0.39, 0.29) is 0 Å². The largest absolute Gasteiger partial charge is 0.383 e. The number of nitrogen functional groups attached to an aromatic ring is 1. The number of nitrogens with two attached hydrogens (primary N) is 1. The summed E-state index contributed by atoms with van der Waals surface area (Å²) >= 11 is 1.83. The molecule has 0 spiro atoms. The summed E-state index contributed by atoms with van der Waals surface area (Å²) < 4.78 is 1.77. The van der Waals surface area contributed by atoms with E-state index in [0.717, 1.165) is 34.0 Å². The topological polar surface area (TPSA) is 69.6 Å². The van der Waals surface area contributed by atoms with Crippen molar-refractivity contribution in [1.29, 1.82) is 0 Å². The molecule has 2 aromatic rings. The van der Waals surface area contributed by atoms with E-state index in [0.29, 0.717) is 11.6 Å². The molecule has 0 bridgehead atoms. The van der Waals surface area contributed by atoms with Crippen LogP contribution in [0.2, 0.25) is 0 Å². The van der Waals surface area contributed by atoms with Gasteiger partial charge in [-0.1, -0.05) is 0 Å². The fourth-order valence-electron chi connectivity index (χ4n) is 2.02. The quantitative estimate of drug-likeness (QED) is 0.827. The van der Waals surface area contributed by atoms with Gasteiger partial charge in [0.2, 0.25) is 0 Å². The third-order valence-corrected chi connectivity index (χ3v) is 3.83. The average Bonchev–Trinajstić information content (AvgIpc) is 2.84. The molecule has 0 radical (unpaired) electrons. The van der Waals surface area contributed by atoms with Crippen molar-refractivity contribution in [3.8, 4) is 11.4 Å². The zero-order chi connectivity index (χ0) is 12.0. The van der Waals surface area contributed by atoms with Gasteiger partial charge in [-0.3, -0.25) is 4.68 Å². The lowest BCUT2D eigenvalue weighted by molar-refractivity contribution is 0.756. The van der Waals surface area contributed by atoms with E-state index in [1.54, 1.807) is 4.68 Å². The SMILES string of the molecule is Cc1nn(C)cc1-c1nc(N)c2c(n1)CSC2. The molecule has 17 heavy (non-hydrogen) atoms. The molecule has 0 saturated heterocycles. The van der Waals surface area contributed by atoms with Crippen LogP contribution in [0, 0.1) is 6.92 Å². The van der Waals surface area contributed by atoms with Crippen LogP contribution in [0.15, 0.2) is 6.20 Å². The summed E-state index contributed by atoms with van der Waals surface area (Å²) in [5.74, 6) is 3.15. The molecule has 6 heteroatoms. The van der Waals surface area contributed by atoms with Gasteiger partial charge in [0, 0.05) is 30.3 Å². The number of aromatic nitrogens is 4. The van der Waals surface area contributed by atoms with E-state index >= 15 is 0 Å². The van der Waals surface area contributed by atoms with Gasteiger partial charge in [-0.25, -0.2) is 9.97 Å². The van der Waals surface area contributed by atoms with E-state index in [2.05, 4.69) is 15.1 Å². The molecule has 1 aliphatic heterocycles. The van der Waals surface area contributed by atoms with Crippen molar-refractivity contribution in [3.05, 3.63) is 23.1 Å². The molecule has 88 valence electrons. The summed E-state index contributed by atoms with van der Waals surface area (Å²) in [5.41, 5.74) is 10.0. The minimum absolute atomic E-state index is 0.609. The molecule has 2 aromatic heterocycles. The second-order valence-electron chi connectivity index (χ2n) is 4.15. The van der Waals surface area contributed by atoms with Gasteiger partial charge in [-0.05, 0) is 6.92 Å². The molecular formula is C11H13N5S. The van der Waals surface area contributed by atoms with Crippen molar-refractivity contribution in [1.82, 2.24) is 19.7 Å². The molecule has 0 saturated carbocycles. The number of thioether (sulfide) groups is 1. The first kappa shape index (κ1) is 10.6. The molecule has 2 N–H and O–H groups in total. The standard InChI is InChI=1S/C11H13N5S/c1-6-7(3-16(2)15-6)11-13-9-5-17-4-8(9)10(12)14-11/h3H,4-5H2,1-2H3,(H2,12,13,14). The summed E-state index contributed by atoms with van der Waals surface area (Å²) in [4.78, 5) is 8.98. The van der Waals surface area contributed by atoms with E-state index in [1.807, 2.05) is 31.9 Å². The van der Waals surface area contributed by atoms with Crippen molar-refractivity contribution in [2.45, 2.75) is 18.4 Å². The van der Waals surface area contributed by atoms with Crippen LogP contribution in [0.1, 0.15) is 17.0 Å². The maximum atomic E-state index is 5.98. The lowest BCUT2D eigenvalue weighted by Gasteiger charge is -2.04. The van der Waals surface area contributed by atoms with E-state index in [4.69, 9.17) is 5.73 Å². The predicted octanol–water partition coefficient (Wildman–Crippen LogP) is 1.51. The summed E-state index contributed by atoms with van der Waals surface area (Å²) in [6, 6.07) is 0. The van der Waals surface area contributed by atoms with Crippen LogP contribution in [0.4, 0.5) is 5.82 Å². The molecule has 0 aromatic carbocycles. The number of hydrogen-bond donors (Lipinski definition) is 1. The molecule has 3 rings (SSSR count). The normalized spacial score (nSPS) is 14.0. The van der Waals surface area contributed by atoms with E-state index in [9.17, 15) is 0 Å². The van der Waals surface area contributed by atoms with Crippen LogP contribution in [0.25, 0.3) is 11.4 Å². The Morgan fingerprint density at radius 3 is 2.88 bits per heavy atom. The Bertz CT molecular complexity index is 590. The Balaban J connectivity index is 2.16. The molecular weight excluding hydrogens is 234 g/mol. The third-order valence-electron chi connectivity index (χ3n) is 2.86. The Hall–Kier alpha value is -1.56. The lowest BCUT2D eigenvalue weighted by atomic mass is 10.2. The van der Waals surface area contributed by atoms with Crippen molar-refractivity contribution in [2.75, 3.05) is 5.73 Å². The minimum Gasteiger partial charge on any atom is -0.383 e. The molecule has 1 aliphatic rings. The maximum Gasteiger partial charge on any atom is 0.165 e. The van der Waals surface area contributed by atoms with Gasteiger partial charge in [0.25, 0.3) is 0 Å². The van der Waals surface area contributed by atoms with Gasteiger partial charge >= 0.3 is 0 Å². The van der Waals surface area contributed by atoms with Crippen LogP contribution in [-0.2, 0) is 18.6 Å². The Morgan fingerprint density at radius 1 is 1.35 bits per heavy atom. The van der Waals surface area contributed by atoms with Gasteiger partial charge in [0.05, 0.1) is 17.0 Å². The van der Waals surface area contributed by atoms with Crippen LogP contribution in [0.5, 0.6) is 0 Å². The van der Waals surface area contributed by atoms with Crippen molar-refractivity contribution in [2.24, 2.45) is 7.05 Å². The number of anilines is 1. The fraction of sp³-hybridized carbons (Fsp3) is 0.364. The van der Waals surface area contributed by atoms with Gasteiger partial charge in [-0.2, -0.15) is 16.9 Å². The van der Waals surface area contributed by atoms with E-state index < -0.39 is 0 Å². The van der Waals surface area contributed by atoms with Crippen LogP contribution in [0.3, 0.4) is 0 Å². The minimum atomic E-state index is 0.609. The zero-order valence-electron chi connectivity index (χ0n) is 9.77. The average molecular weight is 247 g/mol. The molecule has 0 atom stereocenters. The van der Waals surface area contributed by atoms with Crippen LogP contribution in [-0.4, -0.2) is 19.7 Å². The zero-order valence-corrected chi connectivity index (χ0v) is 10.6. The lowest BCUT2D eigenvalue weighted by Crippen LogP contribution is -2.02. The highest BCUT2D eigenvalue weighted by molar-refractivity contribution is 7.98. The first-order chi connectivity index (χ1) is 8.15. The maximum absolute atomic E-state index is 5.98. The first-order valence-electron chi connectivity index (χ1n) is 5.39. The first-order valence-corrected chi connectivity index (χ1v) is 6.54. The van der Waals surface area contributed by atoms with Gasteiger partial charge in [-0.15, -0.1) is 0 Å². The highest BCUT2D eigenvalue weighted by Crippen LogP contribution is 2.33. The highest BCUT2D eigenvalue weighted by atomic mass is 32.2. The fourth-order valence-corrected chi connectivity index (χ4v) is 3.07. The molecule has 0 unspecified atom stereocenters. The monoisotopic (exact) mass is 247 g/mol. The Kier molecular flexibility index (Phi) is 2.32. The molecule has 0 fully saturated rings. The number of rotatable bonds is 1. The summed E-state index contributed by atoms with van der Waals surface area (Å²) in [5, 5.41) is 4.30. The predicted molar refractivity (Wildman–Crippen MR) is 68.4 cm³/mol. The number of nitrogens with zero attached hydrogens (tertiary/aromatic N) is 4. The summed E-state index contributed by atoms with van der Waals surface area (Å²) in [7, 11) is 1.89. The molecule has 3 heterocycles. The van der Waals surface area contributed by atoms with Crippen LogP contribution < -0.4 is 5.73 Å². The Morgan fingerprint density at radius 2 is 2.18 bits per heavy atom.